The topological polar surface area (TPSA) is 116 Å². The van der Waals surface area contributed by atoms with Crippen molar-refractivity contribution in [2.24, 2.45) is 0 Å². The average molecular weight is 338 g/mol. The van der Waals surface area contributed by atoms with Gasteiger partial charge in [-0.15, -0.1) is 0 Å². The third-order valence-electron chi connectivity index (χ3n) is 3.02. The zero-order chi connectivity index (χ0) is 17.0. The van der Waals surface area contributed by atoms with E-state index >= 15 is 0 Å². The molecule has 0 saturated heterocycles. The van der Waals surface area contributed by atoms with Crippen molar-refractivity contribution in [2.45, 2.75) is 18.2 Å². The van der Waals surface area contributed by atoms with Crippen LogP contribution in [0.2, 0.25) is 0 Å². The zero-order valence-electron chi connectivity index (χ0n) is 13.0. The number of anilines is 2. The Morgan fingerprint density at radius 2 is 1.78 bits per heavy atom. The highest BCUT2D eigenvalue weighted by atomic mass is 32.2. The number of ether oxygens (including phenoxy) is 2. The Morgan fingerprint density at radius 1 is 1.13 bits per heavy atom. The van der Waals surface area contributed by atoms with Gasteiger partial charge >= 0.3 is 0 Å². The molecular formula is C14H18N4O4S. The number of aryl methyl sites for hydroxylation is 1. The molecule has 0 bridgehead atoms. The number of sulfonamides is 1. The number of hydrogen-bond acceptors (Lipinski definition) is 7. The van der Waals surface area contributed by atoms with E-state index in [1.165, 1.54) is 38.5 Å². The Hall–Kier alpha value is -2.55. The summed E-state index contributed by atoms with van der Waals surface area (Å²) in [5, 5.41) is 0. The summed E-state index contributed by atoms with van der Waals surface area (Å²) < 4.78 is 37.6. The van der Waals surface area contributed by atoms with Crippen LogP contribution in [-0.4, -0.2) is 32.6 Å². The van der Waals surface area contributed by atoms with Crippen molar-refractivity contribution in [3.8, 4) is 11.6 Å². The minimum atomic E-state index is -3.84. The minimum absolute atomic E-state index is 0.0213. The highest BCUT2D eigenvalue weighted by molar-refractivity contribution is 7.92. The molecule has 9 heteroatoms. The van der Waals surface area contributed by atoms with Crippen LogP contribution in [0, 0.1) is 0 Å². The molecule has 1 heterocycles. The molecule has 0 amide bonds. The van der Waals surface area contributed by atoms with Crippen LogP contribution in [-0.2, 0) is 16.4 Å². The number of nitrogens with two attached hydrogens (primary N) is 1. The predicted molar refractivity (Wildman–Crippen MR) is 86.2 cm³/mol. The van der Waals surface area contributed by atoms with Gasteiger partial charge in [0.15, 0.2) is 5.82 Å². The summed E-state index contributed by atoms with van der Waals surface area (Å²) in [5.41, 5.74) is 6.04. The molecule has 23 heavy (non-hydrogen) atoms. The van der Waals surface area contributed by atoms with Gasteiger partial charge in [0.05, 0.1) is 19.1 Å². The number of methoxy groups -OCH3 is 2. The Morgan fingerprint density at radius 3 is 2.30 bits per heavy atom. The third kappa shape index (κ3) is 3.62. The quantitative estimate of drug-likeness (QED) is 0.765. The fraction of sp³-hybridized carbons (Fsp3) is 0.286. The zero-order valence-corrected chi connectivity index (χ0v) is 13.8. The van der Waals surface area contributed by atoms with Gasteiger partial charge < -0.3 is 15.2 Å². The molecule has 8 nitrogen and oxygen atoms in total. The Bertz CT molecular complexity index is 791. The Labute approximate surface area is 134 Å². The summed E-state index contributed by atoms with van der Waals surface area (Å²) in [4.78, 5) is 8.37. The van der Waals surface area contributed by atoms with Crippen LogP contribution in [0.25, 0.3) is 0 Å². The monoisotopic (exact) mass is 338 g/mol. The number of aromatic nitrogens is 2. The molecule has 0 aliphatic heterocycles. The van der Waals surface area contributed by atoms with Gasteiger partial charge in [-0.3, -0.25) is 4.72 Å². The lowest BCUT2D eigenvalue weighted by atomic mass is 10.3. The van der Waals surface area contributed by atoms with E-state index in [4.69, 9.17) is 15.2 Å². The molecule has 1 aromatic carbocycles. The first kappa shape index (κ1) is 16.8. The summed E-state index contributed by atoms with van der Waals surface area (Å²) >= 11 is 0. The molecule has 124 valence electrons. The predicted octanol–water partition coefficient (Wildman–Crippen LogP) is 1.44. The smallest absolute Gasteiger partial charge is 0.263 e. The van der Waals surface area contributed by atoms with Crippen LogP contribution < -0.4 is 19.9 Å². The highest BCUT2D eigenvalue weighted by Crippen LogP contribution is 2.33. The molecule has 0 fully saturated rings. The average Bonchev–Trinajstić information content (AvgIpc) is 2.54. The number of nitrogens with one attached hydrogen (secondary N) is 1. The maximum absolute atomic E-state index is 12.5. The second-order valence-corrected chi connectivity index (χ2v) is 6.24. The molecule has 3 N–H and O–H groups in total. The number of hydrogen-bond donors (Lipinski definition) is 2. The van der Waals surface area contributed by atoms with Gasteiger partial charge in [0, 0.05) is 12.1 Å². The van der Waals surface area contributed by atoms with Crippen molar-refractivity contribution in [1.82, 2.24) is 9.97 Å². The first-order valence-electron chi connectivity index (χ1n) is 6.78. The molecule has 0 spiro atoms. The van der Waals surface area contributed by atoms with Crippen molar-refractivity contribution >= 4 is 21.5 Å². The third-order valence-corrected chi connectivity index (χ3v) is 4.37. The van der Waals surface area contributed by atoms with E-state index in [9.17, 15) is 8.42 Å². The normalized spacial score (nSPS) is 11.1. The Kier molecular flexibility index (Phi) is 4.89. The maximum Gasteiger partial charge on any atom is 0.263 e. The molecule has 2 rings (SSSR count). The van der Waals surface area contributed by atoms with E-state index < -0.39 is 10.0 Å². The summed E-state index contributed by atoms with van der Waals surface area (Å²) in [6.45, 7) is 1.85. The Balaban J connectivity index is 2.47. The molecule has 0 atom stereocenters. The summed E-state index contributed by atoms with van der Waals surface area (Å²) in [6, 6.07) is 5.82. The fourth-order valence-electron chi connectivity index (χ4n) is 1.86. The first-order chi connectivity index (χ1) is 10.9. The lowest BCUT2D eigenvalue weighted by Gasteiger charge is -2.14. The molecule has 0 aliphatic rings. The van der Waals surface area contributed by atoms with Crippen molar-refractivity contribution < 1.29 is 17.9 Å². The van der Waals surface area contributed by atoms with Crippen LogP contribution in [0.5, 0.6) is 11.6 Å². The SMILES string of the molecule is CCc1nc(NS(=O)(=O)c2ccc(N)cc2)c(OC)c(OC)n1. The molecular weight excluding hydrogens is 320 g/mol. The lowest BCUT2D eigenvalue weighted by molar-refractivity contribution is 0.341. The minimum Gasteiger partial charge on any atom is -0.489 e. The van der Waals surface area contributed by atoms with Crippen molar-refractivity contribution in [3.05, 3.63) is 30.1 Å². The molecule has 2 aromatic rings. The summed E-state index contributed by atoms with van der Waals surface area (Å²) in [7, 11) is -1.04. The van der Waals surface area contributed by atoms with Gasteiger partial charge in [0.1, 0.15) is 5.82 Å². The van der Waals surface area contributed by atoms with Gasteiger partial charge in [-0.2, -0.15) is 4.98 Å². The fourth-order valence-corrected chi connectivity index (χ4v) is 2.86. The molecule has 0 aliphatic carbocycles. The number of rotatable bonds is 6. The first-order valence-corrected chi connectivity index (χ1v) is 8.26. The van der Waals surface area contributed by atoms with Crippen LogP contribution in [0.3, 0.4) is 0 Å². The summed E-state index contributed by atoms with van der Waals surface area (Å²) in [5.74, 6) is 0.726. The second-order valence-electron chi connectivity index (χ2n) is 4.56. The van der Waals surface area contributed by atoms with E-state index in [1.807, 2.05) is 6.92 Å². The van der Waals surface area contributed by atoms with Crippen LogP contribution in [0.4, 0.5) is 11.5 Å². The van der Waals surface area contributed by atoms with Gasteiger partial charge in [-0.1, -0.05) is 6.92 Å². The summed E-state index contributed by atoms with van der Waals surface area (Å²) in [6.07, 6.45) is 0.511. The molecule has 1 aromatic heterocycles. The lowest BCUT2D eigenvalue weighted by Crippen LogP contribution is -2.16. The van der Waals surface area contributed by atoms with Crippen LogP contribution in [0.15, 0.2) is 29.2 Å². The number of benzene rings is 1. The van der Waals surface area contributed by atoms with Gasteiger partial charge in [0.2, 0.25) is 5.75 Å². The van der Waals surface area contributed by atoms with Crippen molar-refractivity contribution in [3.63, 3.8) is 0 Å². The second kappa shape index (κ2) is 6.69. The van der Waals surface area contributed by atoms with E-state index in [-0.39, 0.29) is 22.3 Å². The number of nitrogen functional groups attached to an aromatic ring is 1. The van der Waals surface area contributed by atoms with Crippen LogP contribution >= 0.6 is 0 Å². The van der Waals surface area contributed by atoms with Crippen molar-refractivity contribution in [1.29, 1.82) is 0 Å². The number of nitrogens with zero attached hydrogens (tertiary/aromatic N) is 2. The van der Waals surface area contributed by atoms with Crippen LogP contribution in [0.1, 0.15) is 12.7 Å². The molecule has 0 radical (unpaired) electrons. The van der Waals surface area contributed by atoms with E-state index in [2.05, 4.69) is 14.7 Å². The molecule has 0 unspecified atom stereocenters. The largest absolute Gasteiger partial charge is 0.489 e. The van der Waals surface area contributed by atoms with E-state index in [1.54, 1.807) is 0 Å². The highest BCUT2D eigenvalue weighted by Gasteiger charge is 2.22. The van der Waals surface area contributed by atoms with E-state index in [0.717, 1.165) is 0 Å². The molecule has 0 saturated carbocycles. The van der Waals surface area contributed by atoms with Gasteiger partial charge in [0.25, 0.3) is 15.9 Å². The van der Waals surface area contributed by atoms with Crippen molar-refractivity contribution in [2.75, 3.05) is 24.7 Å². The van der Waals surface area contributed by atoms with Gasteiger partial charge in [-0.05, 0) is 24.3 Å². The van der Waals surface area contributed by atoms with E-state index in [0.29, 0.717) is 17.9 Å². The van der Waals surface area contributed by atoms with Gasteiger partial charge in [-0.25, -0.2) is 13.4 Å². The maximum atomic E-state index is 12.5. The standard InChI is InChI=1S/C14H18N4O4S/c1-4-11-16-13(12(21-2)14(17-11)22-3)18-23(19,20)10-7-5-9(15)6-8-10/h5-8H,4,15H2,1-3H3,(H,16,17,18).